The standard InChI is InChI=1S/C10H14N2O2/c1-10(2,3)8-4-9-12(11-8)5-7(13)6-14-9/h4H,5-6H2,1-3H3. The van der Waals surface area contributed by atoms with Gasteiger partial charge >= 0.3 is 0 Å². The van der Waals surface area contributed by atoms with Crippen LogP contribution in [0, 0.1) is 0 Å². The lowest BCUT2D eigenvalue weighted by atomic mass is 9.93. The summed E-state index contributed by atoms with van der Waals surface area (Å²) in [5.74, 6) is 0.774. The van der Waals surface area contributed by atoms with E-state index in [0.29, 0.717) is 12.4 Å². The largest absolute Gasteiger partial charge is 0.470 e. The number of ether oxygens (including phenoxy) is 1. The van der Waals surface area contributed by atoms with Crippen LogP contribution in [0.2, 0.25) is 0 Å². The van der Waals surface area contributed by atoms with Gasteiger partial charge in [0.05, 0.1) is 5.69 Å². The molecule has 0 spiro atoms. The highest BCUT2D eigenvalue weighted by atomic mass is 16.5. The van der Waals surface area contributed by atoms with Gasteiger partial charge in [0, 0.05) is 11.5 Å². The van der Waals surface area contributed by atoms with Crippen molar-refractivity contribution >= 4 is 5.78 Å². The molecule has 0 unspecified atom stereocenters. The first kappa shape index (κ1) is 9.24. The van der Waals surface area contributed by atoms with Crippen molar-refractivity contribution in [3.8, 4) is 5.88 Å². The van der Waals surface area contributed by atoms with Crippen LogP contribution in [0.1, 0.15) is 26.5 Å². The Hall–Kier alpha value is -1.32. The molecule has 0 amide bonds. The molecule has 0 fully saturated rings. The molecule has 2 rings (SSSR count). The highest BCUT2D eigenvalue weighted by Crippen LogP contribution is 2.26. The minimum atomic E-state index is -0.00323. The molecule has 0 bridgehead atoms. The van der Waals surface area contributed by atoms with Gasteiger partial charge in [-0.2, -0.15) is 5.10 Å². The SMILES string of the molecule is CC(C)(C)c1cc2n(n1)CC(=O)CO2. The molecule has 2 heterocycles. The Morgan fingerprint density at radius 1 is 1.50 bits per heavy atom. The molecular weight excluding hydrogens is 180 g/mol. The summed E-state index contributed by atoms with van der Waals surface area (Å²) < 4.78 is 6.89. The van der Waals surface area contributed by atoms with Crippen LogP contribution in [-0.4, -0.2) is 22.2 Å². The second-order valence-electron chi connectivity index (χ2n) is 4.60. The molecule has 0 atom stereocenters. The van der Waals surface area contributed by atoms with Crippen LogP contribution in [0.3, 0.4) is 0 Å². The highest BCUT2D eigenvalue weighted by molar-refractivity contribution is 5.80. The molecule has 0 radical (unpaired) electrons. The third-order valence-electron chi connectivity index (χ3n) is 2.22. The van der Waals surface area contributed by atoms with Crippen LogP contribution < -0.4 is 4.74 Å². The average Bonchev–Trinajstić information content (AvgIpc) is 2.45. The predicted octanol–water partition coefficient (Wildman–Crippen LogP) is 1.14. The van der Waals surface area contributed by atoms with Gasteiger partial charge in [-0.25, -0.2) is 4.68 Å². The fourth-order valence-electron chi connectivity index (χ4n) is 1.36. The lowest BCUT2D eigenvalue weighted by Crippen LogP contribution is -2.25. The first-order valence-electron chi connectivity index (χ1n) is 4.69. The van der Waals surface area contributed by atoms with Crippen LogP contribution >= 0.6 is 0 Å². The van der Waals surface area contributed by atoms with E-state index in [0.717, 1.165) is 5.69 Å². The van der Waals surface area contributed by atoms with Crippen LogP contribution in [0.5, 0.6) is 5.88 Å². The maximum Gasteiger partial charge on any atom is 0.212 e. The van der Waals surface area contributed by atoms with Gasteiger partial charge in [0.2, 0.25) is 5.88 Å². The topological polar surface area (TPSA) is 44.1 Å². The Morgan fingerprint density at radius 3 is 2.86 bits per heavy atom. The van der Waals surface area contributed by atoms with Crippen LogP contribution in [-0.2, 0) is 16.8 Å². The summed E-state index contributed by atoms with van der Waals surface area (Å²) in [4.78, 5) is 11.1. The molecule has 0 saturated heterocycles. The molecule has 14 heavy (non-hydrogen) atoms. The second kappa shape index (κ2) is 2.83. The van der Waals surface area contributed by atoms with E-state index in [-0.39, 0.29) is 17.8 Å². The Balaban J connectivity index is 2.37. The molecule has 1 aliphatic rings. The zero-order valence-corrected chi connectivity index (χ0v) is 8.70. The van der Waals surface area contributed by atoms with Gasteiger partial charge in [0.25, 0.3) is 0 Å². The monoisotopic (exact) mass is 194 g/mol. The van der Waals surface area contributed by atoms with Gasteiger partial charge < -0.3 is 4.74 Å². The number of ketones is 1. The Labute approximate surface area is 82.9 Å². The van der Waals surface area contributed by atoms with Crippen molar-refractivity contribution < 1.29 is 9.53 Å². The minimum absolute atomic E-state index is 0.00323. The number of hydrogen-bond donors (Lipinski definition) is 0. The smallest absolute Gasteiger partial charge is 0.212 e. The quantitative estimate of drug-likeness (QED) is 0.622. The summed E-state index contributed by atoms with van der Waals surface area (Å²) in [6.45, 7) is 6.77. The number of carbonyl (C=O) groups excluding carboxylic acids is 1. The number of nitrogens with zero attached hydrogens (tertiary/aromatic N) is 2. The van der Waals surface area contributed by atoms with E-state index in [1.165, 1.54) is 0 Å². The van der Waals surface area contributed by atoms with Crippen molar-refractivity contribution in [1.29, 1.82) is 0 Å². The Kier molecular flexibility index (Phi) is 1.87. The van der Waals surface area contributed by atoms with Crippen molar-refractivity contribution in [3.63, 3.8) is 0 Å². The van der Waals surface area contributed by atoms with E-state index in [4.69, 9.17) is 4.74 Å². The van der Waals surface area contributed by atoms with Gasteiger partial charge in [-0.1, -0.05) is 20.8 Å². The van der Waals surface area contributed by atoms with Gasteiger partial charge in [-0.05, 0) is 0 Å². The fraction of sp³-hybridized carbons (Fsp3) is 0.600. The summed E-state index contributed by atoms with van der Waals surface area (Å²) in [5.41, 5.74) is 0.957. The minimum Gasteiger partial charge on any atom is -0.470 e. The second-order valence-corrected chi connectivity index (χ2v) is 4.60. The number of Topliss-reactive ketones (excluding diaryl/α,β-unsaturated/α-hetero) is 1. The number of hydrogen-bond acceptors (Lipinski definition) is 3. The number of fused-ring (bicyclic) bond motifs is 1. The van der Waals surface area contributed by atoms with Crippen molar-refractivity contribution in [2.75, 3.05) is 6.61 Å². The summed E-state index contributed by atoms with van der Waals surface area (Å²) in [5, 5.41) is 4.34. The molecule has 76 valence electrons. The zero-order valence-electron chi connectivity index (χ0n) is 8.70. The van der Waals surface area contributed by atoms with Crippen molar-refractivity contribution in [1.82, 2.24) is 9.78 Å². The van der Waals surface area contributed by atoms with Gasteiger partial charge in [0.1, 0.15) is 6.54 Å². The van der Waals surface area contributed by atoms with Crippen molar-refractivity contribution in [2.24, 2.45) is 0 Å². The molecule has 1 aromatic rings. The van der Waals surface area contributed by atoms with Gasteiger partial charge in [-0.15, -0.1) is 0 Å². The molecule has 4 heteroatoms. The first-order valence-corrected chi connectivity index (χ1v) is 4.69. The Morgan fingerprint density at radius 2 is 2.21 bits per heavy atom. The van der Waals surface area contributed by atoms with Crippen LogP contribution in [0.25, 0.3) is 0 Å². The molecular formula is C10H14N2O2. The van der Waals surface area contributed by atoms with E-state index in [1.807, 2.05) is 6.07 Å². The van der Waals surface area contributed by atoms with E-state index in [9.17, 15) is 4.79 Å². The maximum absolute atomic E-state index is 11.1. The molecule has 1 aliphatic heterocycles. The lowest BCUT2D eigenvalue weighted by molar-refractivity contribution is -0.123. The molecule has 0 saturated carbocycles. The maximum atomic E-state index is 11.1. The molecule has 4 nitrogen and oxygen atoms in total. The van der Waals surface area contributed by atoms with Crippen molar-refractivity contribution in [3.05, 3.63) is 11.8 Å². The summed E-state index contributed by atoms with van der Waals surface area (Å²) in [6.07, 6.45) is 0. The number of carbonyl (C=O) groups is 1. The highest BCUT2D eigenvalue weighted by Gasteiger charge is 2.24. The molecule has 0 aromatic carbocycles. The van der Waals surface area contributed by atoms with Crippen LogP contribution in [0.4, 0.5) is 0 Å². The summed E-state index contributed by atoms with van der Waals surface area (Å²) in [6, 6.07) is 1.91. The average molecular weight is 194 g/mol. The Bertz CT molecular complexity index is 374. The third-order valence-corrected chi connectivity index (χ3v) is 2.22. The van der Waals surface area contributed by atoms with E-state index < -0.39 is 0 Å². The van der Waals surface area contributed by atoms with Gasteiger partial charge in [0.15, 0.2) is 12.4 Å². The summed E-state index contributed by atoms with van der Waals surface area (Å²) in [7, 11) is 0. The molecule has 0 aliphatic carbocycles. The van der Waals surface area contributed by atoms with Crippen LogP contribution in [0.15, 0.2) is 6.07 Å². The van der Waals surface area contributed by atoms with E-state index in [1.54, 1.807) is 4.68 Å². The van der Waals surface area contributed by atoms with Gasteiger partial charge in [-0.3, -0.25) is 4.79 Å². The van der Waals surface area contributed by atoms with E-state index in [2.05, 4.69) is 25.9 Å². The lowest BCUT2D eigenvalue weighted by Gasteiger charge is -2.14. The normalized spacial score (nSPS) is 16.4. The summed E-state index contributed by atoms with van der Waals surface area (Å²) >= 11 is 0. The number of aromatic nitrogens is 2. The fourth-order valence-corrected chi connectivity index (χ4v) is 1.36. The molecule has 1 aromatic heterocycles. The zero-order chi connectivity index (χ0) is 10.3. The van der Waals surface area contributed by atoms with Crippen molar-refractivity contribution in [2.45, 2.75) is 32.7 Å². The third kappa shape index (κ3) is 1.52. The predicted molar refractivity (Wildman–Crippen MR) is 51.4 cm³/mol. The van der Waals surface area contributed by atoms with E-state index >= 15 is 0 Å². The number of rotatable bonds is 0. The first-order chi connectivity index (χ1) is 6.47. The molecule has 0 N–H and O–H groups in total.